The molecule has 1 saturated heterocycles. The predicted molar refractivity (Wildman–Crippen MR) is 122 cm³/mol. The summed E-state index contributed by atoms with van der Waals surface area (Å²) in [7, 11) is -3.31. The van der Waals surface area contributed by atoms with Gasteiger partial charge >= 0.3 is 0 Å². The van der Waals surface area contributed by atoms with E-state index in [0.29, 0.717) is 57.3 Å². The topological polar surface area (TPSA) is 70.1 Å². The number of hydrogen-bond donors (Lipinski definition) is 1. The van der Waals surface area contributed by atoms with Crippen LogP contribution in [0.15, 0.2) is 42.0 Å². The van der Waals surface area contributed by atoms with Gasteiger partial charge in [-0.05, 0) is 41.2 Å². The molecule has 0 radical (unpaired) electrons. The summed E-state index contributed by atoms with van der Waals surface area (Å²) in [6.45, 7) is 8.36. The summed E-state index contributed by atoms with van der Waals surface area (Å²) in [5.74, 6) is 1.50. The predicted octanol–water partition coefficient (Wildman–Crippen LogP) is 2.50. The number of nitrogens with zero attached hydrogens (tertiary/aromatic N) is 2. The number of allylic oxidation sites excluding steroid dienone is 1. The van der Waals surface area contributed by atoms with E-state index in [2.05, 4.69) is 24.8 Å². The lowest BCUT2D eigenvalue weighted by Crippen LogP contribution is -2.51. The fourth-order valence-electron chi connectivity index (χ4n) is 5.37. The molecule has 172 valence electrons. The van der Waals surface area contributed by atoms with Crippen LogP contribution in [0.25, 0.3) is 0 Å². The minimum Gasteiger partial charge on any atom is -0.389 e. The molecule has 1 saturated carbocycles. The van der Waals surface area contributed by atoms with Crippen LogP contribution in [0, 0.1) is 17.3 Å². The van der Waals surface area contributed by atoms with Crippen molar-refractivity contribution in [2.45, 2.75) is 38.5 Å². The van der Waals surface area contributed by atoms with Crippen LogP contribution in [-0.2, 0) is 20.5 Å². The van der Waals surface area contributed by atoms with E-state index in [1.54, 1.807) is 4.31 Å². The second-order valence-electron chi connectivity index (χ2n) is 9.93. The van der Waals surface area contributed by atoms with Crippen molar-refractivity contribution in [1.82, 2.24) is 9.21 Å². The number of aliphatic hydroxyl groups excluding tert-OH is 1. The van der Waals surface area contributed by atoms with Gasteiger partial charge in [-0.3, -0.25) is 4.90 Å². The van der Waals surface area contributed by atoms with Crippen molar-refractivity contribution in [3.05, 3.63) is 47.5 Å². The maximum atomic E-state index is 12.7. The summed E-state index contributed by atoms with van der Waals surface area (Å²) in [5.41, 5.74) is 2.61. The lowest BCUT2D eigenvalue weighted by atomic mass is 9.49. The average Bonchev–Trinajstić information content (AvgIpc) is 2.74. The quantitative estimate of drug-likeness (QED) is 0.588. The van der Waals surface area contributed by atoms with E-state index in [-0.39, 0.29) is 5.75 Å². The van der Waals surface area contributed by atoms with E-state index in [1.165, 1.54) is 12.0 Å². The summed E-state index contributed by atoms with van der Waals surface area (Å²) in [4.78, 5) is 2.13. The number of β-amino-alcohol motifs (C(OH)–C–C–N with tert-alkyl or cyclic N) is 1. The molecule has 3 unspecified atom stereocenters. The molecule has 0 amide bonds. The zero-order valence-electron chi connectivity index (χ0n) is 18.7. The number of rotatable bonds is 9. The fraction of sp³-hybridized carbons (Fsp3) is 0.667. The van der Waals surface area contributed by atoms with E-state index in [9.17, 15) is 13.5 Å². The second-order valence-corrected chi connectivity index (χ2v) is 11.9. The van der Waals surface area contributed by atoms with Crippen LogP contribution in [0.1, 0.15) is 32.3 Å². The Labute approximate surface area is 186 Å². The number of ether oxygens (including phenoxy) is 1. The van der Waals surface area contributed by atoms with E-state index in [1.807, 2.05) is 30.3 Å². The summed E-state index contributed by atoms with van der Waals surface area (Å²) in [6, 6.07) is 9.30. The Morgan fingerprint density at radius 1 is 1.16 bits per heavy atom. The molecule has 7 heteroatoms. The third-order valence-electron chi connectivity index (χ3n) is 7.55. The molecule has 1 aliphatic heterocycles. The number of hydrogen-bond acceptors (Lipinski definition) is 5. The molecule has 0 spiro atoms. The molecule has 3 aliphatic carbocycles. The van der Waals surface area contributed by atoms with Gasteiger partial charge in [-0.1, -0.05) is 50.3 Å². The first kappa shape index (κ1) is 22.9. The Morgan fingerprint density at radius 2 is 1.87 bits per heavy atom. The van der Waals surface area contributed by atoms with Crippen LogP contribution in [-0.4, -0.2) is 74.8 Å². The molecule has 1 heterocycles. The summed E-state index contributed by atoms with van der Waals surface area (Å²) in [6.07, 6.45) is 4.22. The molecular formula is C24H36N2O4S. The molecule has 6 nitrogen and oxygen atoms in total. The molecule has 1 N–H and O–H groups in total. The third kappa shape index (κ3) is 5.22. The minimum absolute atomic E-state index is 0.0404. The van der Waals surface area contributed by atoms with E-state index < -0.39 is 16.1 Å². The van der Waals surface area contributed by atoms with Gasteiger partial charge in [0.2, 0.25) is 10.0 Å². The minimum atomic E-state index is -3.31. The van der Waals surface area contributed by atoms with E-state index >= 15 is 0 Å². The van der Waals surface area contributed by atoms with Gasteiger partial charge in [-0.2, -0.15) is 4.31 Å². The summed E-state index contributed by atoms with van der Waals surface area (Å²) < 4.78 is 32.8. The first-order valence-corrected chi connectivity index (χ1v) is 13.1. The monoisotopic (exact) mass is 448 g/mol. The molecular weight excluding hydrogens is 412 g/mol. The zero-order chi connectivity index (χ0) is 22.1. The van der Waals surface area contributed by atoms with Crippen molar-refractivity contribution >= 4 is 10.0 Å². The molecule has 5 rings (SSSR count). The van der Waals surface area contributed by atoms with Crippen LogP contribution in [0.5, 0.6) is 0 Å². The van der Waals surface area contributed by atoms with Crippen LogP contribution in [0.3, 0.4) is 0 Å². The molecule has 2 fully saturated rings. The van der Waals surface area contributed by atoms with Gasteiger partial charge in [0.1, 0.15) is 0 Å². The van der Waals surface area contributed by atoms with Gasteiger partial charge in [0, 0.05) is 32.7 Å². The maximum Gasteiger partial charge on any atom is 0.218 e. The van der Waals surface area contributed by atoms with Crippen LogP contribution in [0.4, 0.5) is 0 Å². The highest BCUT2D eigenvalue weighted by molar-refractivity contribution is 7.88. The van der Waals surface area contributed by atoms with E-state index in [4.69, 9.17) is 4.74 Å². The maximum absolute atomic E-state index is 12.7. The number of sulfonamides is 1. The van der Waals surface area contributed by atoms with Crippen molar-refractivity contribution in [2.75, 3.05) is 45.9 Å². The molecule has 4 aliphatic rings. The largest absolute Gasteiger partial charge is 0.389 e. The lowest BCUT2D eigenvalue weighted by Gasteiger charge is -2.56. The number of piperazine rings is 1. The Balaban J connectivity index is 1.16. The fourth-order valence-corrected chi connectivity index (χ4v) is 6.89. The van der Waals surface area contributed by atoms with Crippen LogP contribution >= 0.6 is 0 Å². The van der Waals surface area contributed by atoms with Crippen molar-refractivity contribution in [3.8, 4) is 0 Å². The molecule has 1 aromatic carbocycles. The first-order chi connectivity index (χ1) is 14.8. The Hall–Kier alpha value is -1.25. The summed E-state index contributed by atoms with van der Waals surface area (Å²) >= 11 is 0. The first-order valence-electron chi connectivity index (χ1n) is 11.4. The number of benzene rings is 1. The van der Waals surface area contributed by atoms with Gasteiger partial charge in [-0.25, -0.2) is 8.42 Å². The molecule has 2 bridgehead atoms. The van der Waals surface area contributed by atoms with Gasteiger partial charge in [0.15, 0.2) is 0 Å². The van der Waals surface area contributed by atoms with Crippen molar-refractivity contribution in [2.24, 2.45) is 17.3 Å². The molecule has 31 heavy (non-hydrogen) atoms. The third-order valence-corrected chi connectivity index (χ3v) is 9.40. The van der Waals surface area contributed by atoms with E-state index in [0.717, 1.165) is 17.9 Å². The van der Waals surface area contributed by atoms with Gasteiger partial charge in [-0.15, -0.1) is 0 Å². The standard InChI is InChI=1S/C24H36N2O4S/c1-24(2)21-9-8-20(23(24)14-21)16-30-17-22(27)15-25-10-12-26(13-11-25)31(28,29)18-19-6-4-3-5-7-19/h3-8,21-23,27H,9-18H2,1-2H3. The number of fused-ring (bicyclic) bond motifs is 1. The highest BCUT2D eigenvalue weighted by atomic mass is 32.2. The second kappa shape index (κ2) is 9.32. The number of aliphatic hydroxyl groups is 1. The Bertz CT molecular complexity index is 876. The van der Waals surface area contributed by atoms with Crippen molar-refractivity contribution in [1.29, 1.82) is 0 Å². The Morgan fingerprint density at radius 3 is 2.52 bits per heavy atom. The molecule has 3 atom stereocenters. The average molecular weight is 449 g/mol. The van der Waals surface area contributed by atoms with Gasteiger partial charge in [0.25, 0.3) is 0 Å². The molecule has 0 aromatic heterocycles. The highest BCUT2D eigenvalue weighted by Crippen LogP contribution is 2.59. The highest BCUT2D eigenvalue weighted by Gasteiger charge is 2.50. The smallest absolute Gasteiger partial charge is 0.218 e. The normalized spacial score (nSPS) is 27.4. The summed E-state index contributed by atoms with van der Waals surface area (Å²) in [5, 5.41) is 10.4. The van der Waals surface area contributed by atoms with Gasteiger partial charge < -0.3 is 9.84 Å². The van der Waals surface area contributed by atoms with Crippen LogP contribution < -0.4 is 0 Å². The molecule has 1 aromatic rings. The van der Waals surface area contributed by atoms with Gasteiger partial charge in [0.05, 0.1) is 25.1 Å². The Kier molecular flexibility index (Phi) is 6.89. The van der Waals surface area contributed by atoms with Crippen LogP contribution in [0.2, 0.25) is 0 Å². The lowest BCUT2D eigenvalue weighted by molar-refractivity contribution is -0.0268. The van der Waals surface area contributed by atoms with Crippen molar-refractivity contribution in [3.63, 3.8) is 0 Å². The SMILES string of the molecule is CC1(C)C2CC=C(COCC(O)CN3CCN(S(=O)(=O)Cc4ccccc4)CC3)C1C2. The zero-order valence-corrected chi connectivity index (χ0v) is 19.6. The van der Waals surface area contributed by atoms with Crippen molar-refractivity contribution < 1.29 is 18.3 Å².